The smallest absolute Gasteiger partial charge is 0.199 e. The highest BCUT2D eigenvalue weighted by atomic mass is 16.4. The number of oxazole rings is 2. The van der Waals surface area contributed by atoms with Gasteiger partial charge < -0.3 is 8.83 Å². The lowest BCUT2D eigenvalue weighted by molar-refractivity contribution is 0.571. The number of rotatable bonds is 0. The van der Waals surface area contributed by atoms with Gasteiger partial charge in [0.1, 0.15) is 11.0 Å². The summed E-state index contributed by atoms with van der Waals surface area (Å²) in [7, 11) is 0. The van der Waals surface area contributed by atoms with Crippen molar-refractivity contribution in [3.8, 4) is 0 Å². The molecule has 0 radical (unpaired) electrons. The molecule has 0 aliphatic heterocycles. The predicted octanol–water partition coefficient (Wildman–Crippen LogP) is 1.97. The average molecular weight is 160 g/mol. The largest absolute Gasteiger partial charge is 0.439 e. The second kappa shape index (κ2) is 1.85. The van der Waals surface area contributed by atoms with Crippen molar-refractivity contribution >= 4 is 22.2 Å². The average Bonchev–Trinajstić information content (AvgIpc) is 2.71. The Hall–Kier alpha value is -1.84. The molecule has 0 atom stereocenters. The van der Waals surface area contributed by atoms with E-state index in [0.717, 1.165) is 11.0 Å². The van der Waals surface area contributed by atoms with Crippen LogP contribution >= 0.6 is 0 Å². The lowest BCUT2D eigenvalue weighted by Crippen LogP contribution is -1.69. The molecule has 0 bridgehead atoms. The lowest BCUT2D eigenvalue weighted by Gasteiger charge is -1.85. The molecule has 0 N–H and O–H groups in total. The van der Waals surface area contributed by atoms with E-state index >= 15 is 0 Å². The summed E-state index contributed by atoms with van der Waals surface area (Å²) >= 11 is 0. The summed E-state index contributed by atoms with van der Waals surface area (Å²) in [6.45, 7) is 0. The van der Waals surface area contributed by atoms with Crippen LogP contribution in [0.2, 0.25) is 0 Å². The molecule has 2 aromatic heterocycles. The van der Waals surface area contributed by atoms with Crippen molar-refractivity contribution in [1.82, 2.24) is 9.97 Å². The van der Waals surface area contributed by atoms with Gasteiger partial charge in [-0.25, -0.2) is 9.97 Å². The van der Waals surface area contributed by atoms with Crippen LogP contribution in [0.3, 0.4) is 0 Å². The second-order valence-electron chi connectivity index (χ2n) is 2.47. The monoisotopic (exact) mass is 160 g/mol. The predicted molar refractivity (Wildman–Crippen MR) is 41.6 cm³/mol. The van der Waals surface area contributed by atoms with Gasteiger partial charge in [-0.3, -0.25) is 0 Å². The maximum absolute atomic E-state index is 5.14. The van der Waals surface area contributed by atoms with E-state index in [4.69, 9.17) is 8.83 Å². The Balaban J connectivity index is 2.71. The Bertz CT molecular complexity index is 488. The topological polar surface area (TPSA) is 52.1 Å². The highest BCUT2D eigenvalue weighted by molar-refractivity contribution is 5.96. The summed E-state index contributed by atoms with van der Waals surface area (Å²) in [6.07, 6.45) is 2.79. The van der Waals surface area contributed by atoms with E-state index < -0.39 is 0 Å². The first-order valence-corrected chi connectivity index (χ1v) is 3.50. The van der Waals surface area contributed by atoms with Gasteiger partial charge in [0.05, 0.1) is 0 Å². The van der Waals surface area contributed by atoms with Crippen LogP contribution in [0.1, 0.15) is 0 Å². The quantitative estimate of drug-likeness (QED) is 0.504. The van der Waals surface area contributed by atoms with Crippen LogP contribution < -0.4 is 0 Å². The van der Waals surface area contributed by atoms with E-state index in [-0.39, 0.29) is 0 Å². The van der Waals surface area contributed by atoms with Crippen LogP contribution in [0.25, 0.3) is 22.2 Å². The summed E-state index contributed by atoms with van der Waals surface area (Å²) in [5, 5.41) is 0. The van der Waals surface area contributed by atoms with Gasteiger partial charge in [-0.05, 0) is 12.1 Å². The van der Waals surface area contributed by atoms with Gasteiger partial charge in [0.25, 0.3) is 0 Å². The van der Waals surface area contributed by atoms with Crippen LogP contribution in [0.4, 0.5) is 0 Å². The normalized spacial score (nSPS) is 11.3. The minimum absolute atomic E-state index is 0.657. The molecule has 2 heterocycles. The molecule has 0 saturated carbocycles. The van der Waals surface area contributed by atoms with Gasteiger partial charge in [0, 0.05) is 0 Å². The zero-order valence-corrected chi connectivity index (χ0v) is 6.02. The number of hydrogen-bond acceptors (Lipinski definition) is 4. The Kier molecular flexibility index (Phi) is 0.889. The summed E-state index contributed by atoms with van der Waals surface area (Å²) in [5.41, 5.74) is 2.90. The number of hydrogen-bond donors (Lipinski definition) is 0. The van der Waals surface area contributed by atoms with E-state index in [1.807, 2.05) is 12.1 Å². The van der Waals surface area contributed by atoms with Crippen LogP contribution in [-0.4, -0.2) is 9.97 Å². The number of fused-ring (bicyclic) bond motifs is 3. The molecular formula is C8H4N2O2. The van der Waals surface area contributed by atoms with Crippen molar-refractivity contribution in [2.24, 2.45) is 0 Å². The molecule has 0 aliphatic rings. The van der Waals surface area contributed by atoms with Crippen molar-refractivity contribution in [2.75, 3.05) is 0 Å². The third-order valence-corrected chi connectivity index (χ3v) is 1.80. The lowest BCUT2D eigenvalue weighted by atomic mass is 10.3. The van der Waals surface area contributed by atoms with Crippen molar-refractivity contribution < 1.29 is 8.83 Å². The third-order valence-electron chi connectivity index (χ3n) is 1.80. The molecule has 1 aromatic carbocycles. The Labute approximate surface area is 66.8 Å². The Morgan fingerprint density at radius 3 is 1.83 bits per heavy atom. The molecule has 0 saturated heterocycles. The first-order chi connectivity index (χ1) is 5.95. The maximum Gasteiger partial charge on any atom is 0.199 e. The zero-order valence-electron chi connectivity index (χ0n) is 6.02. The Morgan fingerprint density at radius 2 is 1.33 bits per heavy atom. The van der Waals surface area contributed by atoms with Gasteiger partial charge in [-0.1, -0.05) is 0 Å². The molecule has 58 valence electrons. The van der Waals surface area contributed by atoms with E-state index in [1.54, 1.807) is 0 Å². The van der Waals surface area contributed by atoms with Crippen molar-refractivity contribution in [1.29, 1.82) is 0 Å². The summed E-state index contributed by atoms with van der Waals surface area (Å²) in [4.78, 5) is 7.99. The summed E-state index contributed by atoms with van der Waals surface area (Å²) in [5.74, 6) is 0. The fraction of sp³-hybridized carbons (Fsp3) is 0. The van der Waals surface area contributed by atoms with Gasteiger partial charge in [0.15, 0.2) is 24.0 Å². The van der Waals surface area contributed by atoms with E-state index in [9.17, 15) is 0 Å². The van der Waals surface area contributed by atoms with Crippen LogP contribution in [0, 0.1) is 0 Å². The molecule has 3 rings (SSSR count). The Morgan fingerprint density at radius 1 is 0.833 bits per heavy atom. The summed E-state index contributed by atoms with van der Waals surface area (Å²) in [6, 6.07) is 3.70. The number of benzene rings is 1. The first-order valence-electron chi connectivity index (χ1n) is 3.50. The maximum atomic E-state index is 5.14. The van der Waals surface area contributed by atoms with Crippen LogP contribution in [0.15, 0.2) is 33.8 Å². The highest BCUT2D eigenvalue weighted by Crippen LogP contribution is 2.22. The van der Waals surface area contributed by atoms with Crippen molar-refractivity contribution in [3.05, 3.63) is 24.9 Å². The third kappa shape index (κ3) is 0.567. The SMILES string of the molecule is c1nc2ccc3ncoc3c2o1. The zero-order chi connectivity index (χ0) is 7.97. The van der Waals surface area contributed by atoms with E-state index in [1.165, 1.54) is 12.8 Å². The molecular weight excluding hydrogens is 156 g/mol. The summed E-state index contributed by atoms with van der Waals surface area (Å²) < 4.78 is 10.3. The highest BCUT2D eigenvalue weighted by Gasteiger charge is 2.07. The fourth-order valence-electron chi connectivity index (χ4n) is 1.24. The number of aromatic nitrogens is 2. The van der Waals surface area contributed by atoms with Crippen LogP contribution in [-0.2, 0) is 0 Å². The van der Waals surface area contributed by atoms with Crippen molar-refractivity contribution in [3.63, 3.8) is 0 Å². The van der Waals surface area contributed by atoms with Crippen molar-refractivity contribution in [2.45, 2.75) is 0 Å². The standard InChI is InChI=1S/C8H4N2O2/c1-2-6-8(12-4-10-6)7-5(1)9-3-11-7/h1-4H. The van der Waals surface area contributed by atoms with E-state index in [2.05, 4.69) is 9.97 Å². The minimum atomic E-state index is 0.657. The van der Waals surface area contributed by atoms with Gasteiger partial charge in [-0.15, -0.1) is 0 Å². The fourth-order valence-corrected chi connectivity index (χ4v) is 1.24. The molecule has 0 aliphatic carbocycles. The molecule has 0 fully saturated rings. The van der Waals surface area contributed by atoms with Gasteiger partial charge in [0.2, 0.25) is 0 Å². The van der Waals surface area contributed by atoms with Crippen LogP contribution in [0.5, 0.6) is 0 Å². The molecule has 0 spiro atoms. The number of nitrogens with zero attached hydrogens (tertiary/aromatic N) is 2. The molecule has 4 heteroatoms. The first kappa shape index (κ1) is 5.77. The van der Waals surface area contributed by atoms with Gasteiger partial charge in [-0.2, -0.15) is 0 Å². The van der Waals surface area contributed by atoms with Gasteiger partial charge >= 0.3 is 0 Å². The molecule has 4 nitrogen and oxygen atoms in total. The molecule has 0 amide bonds. The molecule has 3 aromatic rings. The minimum Gasteiger partial charge on any atom is -0.439 e. The second-order valence-corrected chi connectivity index (χ2v) is 2.47. The van der Waals surface area contributed by atoms with E-state index in [0.29, 0.717) is 11.2 Å². The molecule has 0 unspecified atom stereocenters. The molecule has 12 heavy (non-hydrogen) atoms.